The lowest BCUT2D eigenvalue weighted by Gasteiger charge is -2.27. The zero-order valence-corrected chi connectivity index (χ0v) is 20.7. The van der Waals surface area contributed by atoms with Crippen LogP contribution in [0, 0.1) is 12.7 Å². The van der Waals surface area contributed by atoms with Gasteiger partial charge >= 0.3 is 0 Å². The molecule has 35 heavy (non-hydrogen) atoms. The highest BCUT2D eigenvalue weighted by molar-refractivity contribution is 5.43. The molecule has 2 heterocycles. The van der Waals surface area contributed by atoms with Crippen LogP contribution in [0.5, 0.6) is 11.6 Å². The lowest BCUT2D eigenvalue weighted by molar-refractivity contribution is 0.0434. The molecular formula is C28H36FN3O3. The van der Waals surface area contributed by atoms with Gasteiger partial charge in [0.1, 0.15) is 11.6 Å². The van der Waals surface area contributed by atoms with Crippen LogP contribution in [-0.4, -0.2) is 51.7 Å². The second-order valence-electron chi connectivity index (χ2n) is 9.30. The van der Waals surface area contributed by atoms with E-state index in [9.17, 15) is 9.50 Å². The van der Waals surface area contributed by atoms with E-state index in [0.717, 1.165) is 62.2 Å². The Morgan fingerprint density at radius 1 is 1.23 bits per heavy atom. The molecule has 1 aliphatic rings. The summed E-state index contributed by atoms with van der Waals surface area (Å²) in [5.74, 6) is 0.613. The van der Waals surface area contributed by atoms with E-state index >= 15 is 0 Å². The van der Waals surface area contributed by atoms with Gasteiger partial charge < -0.3 is 14.6 Å². The van der Waals surface area contributed by atoms with Crippen LogP contribution in [0.25, 0.3) is 5.69 Å². The average molecular weight is 482 g/mol. The molecule has 1 aliphatic heterocycles. The number of hydrogen-bond acceptors (Lipinski definition) is 5. The molecule has 1 saturated heterocycles. The number of nitrogens with zero attached hydrogens (tertiary/aromatic N) is 3. The molecule has 0 saturated carbocycles. The topological polar surface area (TPSA) is 59.8 Å². The van der Waals surface area contributed by atoms with Crippen molar-refractivity contribution in [3.63, 3.8) is 0 Å². The first kappa shape index (κ1) is 25.4. The predicted octanol–water partition coefficient (Wildman–Crippen LogP) is 5.64. The Morgan fingerprint density at radius 3 is 2.77 bits per heavy atom. The standard InChI is InChI=1S/C28H36FN3O3/c1-3-4-13-24(33)18-31(19-26-15-9-16-34-26)20-27-21(2)30-32(23-11-6-5-7-12-23)28(27)35-25-14-8-10-22(29)17-25/h5-8,10-12,14,17,24,26,33H,3-4,9,13,15-16,18-20H2,1-2H3. The molecule has 0 radical (unpaired) electrons. The van der Waals surface area contributed by atoms with Crippen molar-refractivity contribution in [1.29, 1.82) is 0 Å². The van der Waals surface area contributed by atoms with E-state index in [1.165, 1.54) is 12.1 Å². The maximum atomic E-state index is 13.9. The van der Waals surface area contributed by atoms with Gasteiger partial charge in [0.15, 0.2) is 0 Å². The van der Waals surface area contributed by atoms with E-state index in [1.54, 1.807) is 16.8 Å². The summed E-state index contributed by atoms with van der Waals surface area (Å²) in [6.45, 7) is 6.72. The normalized spacial score (nSPS) is 16.7. The van der Waals surface area contributed by atoms with E-state index in [-0.39, 0.29) is 11.9 Å². The largest absolute Gasteiger partial charge is 0.438 e. The maximum Gasteiger partial charge on any atom is 0.227 e. The summed E-state index contributed by atoms with van der Waals surface area (Å²) < 4.78 is 27.9. The summed E-state index contributed by atoms with van der Waals surface area (Å²) in [6, 6.07) is 15.9. The van der Waals surface area contributed by atoms with Gasteiger partial charge in [-0.25, -0.2) is 9.07 Å². The van der Waals surface area contributed by atoms with Gasteiger partial charge in [-0.1, -0.05) is 44.0 Å². The van der Waals surface area contributed by atoms with Crippen LogP contribution in [0.15, 0.2) is 54.6 Å². The number of unbranched alkanes of at least 4 members (excludes halogenated alkanes) is 1. The Kier molecular flexibility index (Phi) is 8.90. The Balaban J connectivity index is 1.66. The van der Waals surface area contributed by atoms with Crippen molar-refractivity contribution in [2.45, 2.75) is 64.7 Å². The van der Waals surface area contributed by atoms with Crippen LogP contribution in [0.1, 0.15) is 50.3 Å². The number of aryl methyl sites for hydroxylation is 1. The number of aliphatic hydroxyl groups is 1. The molecule has 0 amide bonds. The molecule has 0 spiro atoms. The molecule has 0 bridgehead atoms. The van der Waals surface area contributed by atoms with E-state index in [4.69, 9.17) is 14.6 Å². The quantitative estimate of drug-likeness (QED) is 0.363. The summed E-state index contributed by atoms with van der Waals surface area (Å²) in [4.78, 5) is 2.24. The highest BCUT2D eigenvalue weighted by Crippen LogP contribution is 2.32. The van der Waals surface area contributed by atoms with Crippen LogP contribution in [-0.2, 0) is 11.3 Å². The molecule has 7 heteroatoms. The Bertz CT molecular complexity index is 1070. The lowest BCUT2D eigenvalue weighted by Crippen LogP contribution is -2.37. The highest BCUT2D eigenvalue weighted by atomic mass is 19.1. The van der Waals surface area contributed by atoms with Crippen LogP contribution in [0.2, 0.25) is 0 Å². The van der Waals surface area contributed by atoms with E-state index in [0.29, 0.717) is 24.7 Å². The molecule has 1 aromatic heterocycles. The third kappa shape index (κ3) is 6.90. The minimum absolute atomic E-state index is 0.158. The molecule has 2 aromatic carbocycles. The number of para-hydroxylation sites is 1. The van der Waals surface area contributed by atoms with Gasteiger partial charge in [0.2, 0.25) is 5.88 Å². The molecular weight excluding hydrogens is 445 g/mol. The smallest absolute Gasteiger partial charge is 0.227 e. The minimum atomic E-state index is -0.409. The van der Waals surface area contributed by atoms with Crippen molar-refractivity contribution in [1.82, 2.24) is 14.7 Å². The first-order valence-electron chi connectivity index (χ1n) is 12.6. The minimum Gasteiger partial charge on any atom is -0.438 e. The molecule has 188 valence electrons. The van der Waals surface area contributed by atoms with Gasteiger partial charge in [0, 0.05) is 32.3 Å². The van der Waals surface area contributed by atoms with E-state index in [1.807, 2.05) is 37.3 Å². The predicted molar refractivity (Wildman–Crippen MR) is 135 cm³/mol. The SMILES string of the molecule is CCCCC(O)CN(Cc1c(C)nn(-c2ccccc2)c1Oc1cccc(F)c1)CC1CCCO1. The molecule has 2 unspecified atom stereocenters. The molecule has 1 N–H and O–H groups in total. The fourth-order valence-corrected chi connectivity index (χ4v) is 4.54. The molecule has 2 atom stereocenters. The molecule has 6 nitrogen and oxygen atoms in total. The van der Waals surface area contributed by atoms with Crippen molar-refractivity contribution >= 4 is 0 Å². The van der Waals surface area contributed by atoms with Crippen molar-refractivity contribution < 1.29 is 19.0 Å². The number of halogens is 1. The van der Waals surface area contributed by atoms with Gasteiger partial charge in [-0.15, -0.1) is 0 Å². The molecule has 3 aromatic rings. The van der Waals surface area contributed by atoms with Gasteiger partial charge in [-0.2, -0.15) is 5.10 Å². The van der Waals surface area contributed by atoms with E-state index in [2.05, 4.69) is 11.8 Å². The first-order chi connectivity index (χ1) is 17.0. The maximum absolute atomic E-state index is 13.9. The summed E-state index contributed by atoms with van der Waals surface area (Å²) in [7, 11) is 0. The Labute approximate surface area is 207 Å². The van der Waals surface area contributed by atoms with Gasteiger partial charge in [-0.05, 0) is 50.5 Å². The number of benzene rings is 2. The van der Waals surface area contributed by atoms with Crippen molar-refractivity contribution in [2.75, 3.05) is 19.7 Å². The number of aliphatic hydroxyl groups excluding tert-OH is 1. The number of ether oxygens (including phenoxy) is 2. The Morgan fingerprint density at radius 2 is 2.06 bits per heavy atom. The summed E-state index contributed by atoms with van der Waals surface area (Å²) >= 11 is 0. The van der Waals surface area contributed by atoms with Crippen LogP contribution >= 0.6 is 0 Å². The van der Waals surface area contributed by atoms with Gasteiger partial charge in [0.25, 0.3) is 0 Å². The summed E-state index contributed by atoms with van der Waals surface area (Å²) in [6.07, 6.45) is 4.66. The number of rotatable bonds is 12. The Hall–Kier alpha value is -2.74. The highest BCUT2D eigenvalue weighted by Gasteiger charge is 2.26. The number of aromatic nitrogens is 2. The zero-order chi connectivity index (χ0) is 24.6. The second kappa shape index (κ2) is 12.3. The molecule has 0 aliphatic carbocycles. The number of hydrogen-bond donors (Lipinski definition) is 1. The van der Waals surface area contributed by atoms with Gasteiger partial charge in [-0.3, -0.25) is 4.90 Å². The van der Waals surface area contributed by atoms with Crippen LogP contribution in [0.4, 0.5) is 4.39 Å². The van der Waals surface area contributed by atoms with E-state index < -0.39 is 6.10 Å². The fraction of sp³-hybridized carbons (Fsp3) is 0.464. The van der Waals surface area contributed by atoms with Crippen molar-refractivity contribution in [3.05, 3.63) is 71.7 Å². The second-order valence-corrected chi connectivity index (χ2v) is 9.30. The van der Waals surface area contributed by atoms with Crippen molar-refractivity contribution in [3.8, 4) is 17.3 Å². The lowest BCUT2D eigenvalue weighted by atomic mass is 10.1. The average Bonchev–Trinajstić information content (AvgIpc) is 3.47. The summed E-state index contributed by atoms with van der Waals surface area (Å²) in [5, 5.41) is 15.5. The van der Waals surface area contributed by atoms with Crippen molar-refractivity contribution in [2.24, 2.45) is 0 Å². The summed E-state index contributed by atoms with van der Waals surface area (Å²) in [5.41, 5.74) is 2.61. The molecule has 1 fully saturated rings. The third-order valence-electron chi connectivity index (χ3n) is 6.38. The van der Waals surface area contributed by atoms with Gasteiger partial charge in [0.05, 0.1) is 29.2 Å². The van der Waals surface area contributed by atoms with Crippen LogP contribution < -0.4 is 4.74 Å². The zero-order valence-electron chi connectivity index (χ0n) is 20.7. The first-order valence-corrected chi connectivity index (χ1v) is 12.6. The molecule has 4 rings (SSSR count). The third-order valence-corrected chi connectivity index (χ3v) is 6.38. The monoisotopic (exact) mass is 481 g/mol. The fourth-order valence-electron chi connectivity index (χ4n) is 4.54. The van der Waals surface area contributed by atoms with Crippen LogP contribution in [0.3, 0.4) is 0 Å².